The molecule has 0 aliphatic carbocycles. The number of phenolic OH excluding ortho intramolecular Hbond substituents is 1. The van der Waals surface area contributed by atoms with Crippen LogP contribution in [-0.2, 0) is 9.53 Å². The number of carbonyl (C=O) groups excluding carboxylic acids is 2. The normalized spacial score (nSPS) is 26.2. The maximum atomic E-state index is 13.1. The Kier molecular flexibility index (Phi) is 5.79. The van der Waals surface area contributed by atoms with E-state index in [1.165, 1.54) is 18.2 Å². The van der Waals surface area contributed by atoms with Gasteiger partial charge in [0.05, 0.1) is 16.7 Å². The predicted octanol–water partition coefficient (Wildman–Crippen LogP) is 2.89. The van der Waals surface area contributed by atoms with Crippen molar-refractivity contribution < 1.29 is 29.3 Å². The molecule has 1 aromatic carbocycles. The molecule has 1 spiro atoms. The van der Waals surface area contributed by atoms with E-state index in [9.17, 15) is 19.5 Å². The lowest BCUT2D eigenvalue weighted by Crippen LogP contribution is -2.53. The maximum absolute atomic E-state index is 13.1. The number of benzene rings is 1. The highest BCUT2D eigenvalue weighted by Crippen LogP contribution is 2.46. The van der Waals surface area contributed by atoms with Crippen LogP contribution in [0.1, 0.15) is 56.3 Å². The van der Waals surface area contributed by atoms with Crippen molar-refractivity contribution in [1.82, 2.24) is 9.80 Å². The molecule has 174 valence electrons. The Morgan fingerprint density at radius 2 is 1.91 bits per heavy atom. The van der Waals surface area contributed by atoms with E-state index >= 15 is 0 Å². The van der Waals surface area contributed by atoms with Crippen LogP contribution in [0.3, 0.4) is 0 Å². The van der Waals surface area contributed by atoms with Crippen molar-refractivity contribution in [2.45, 2.75) is 57.6 Å². The maximum Gasteiger partial charge on any atom is 0.409 e. The highest BCUT2D eigenvalue weighted by Gasteiger charge is 2.54. The Balaban J connectivity index is 1.41. The lowest BCUT2D eigenvalue weighted by molar-refractivity contribution is -0.154. The number of cyclic esters (lactones) is 1. The minimum absolute atomic E-state index is 0.0813. The molecule has 0 radical (unpaired) electrons. The van der Waals surface area contributed by atoms with Gasteiger partial charge in [-0.05, 0) is 64.3 Å². The number of hydrogen-bond donors (Lipinski definition) is 3. The smallest absolute Gasteiger partial charge is 0.409 e. The molecule has 3 N–H and O–H groups in total. The van der Waals surface area contributed by atoms with Crippen LogP contribution >= 0.6 is 0 Å². The molecule has 3 aliphatic heterocycles. The molecule has 1 aromatic rings. The van der Waals surface area contributed by atoms with Crippen LogP contribution < -0.4 is 5.32 Å². The largest absolute Gasteiger partial charge is 0.508 e. The summed E-state index contributed by atoms with van der Waals surface area (Å²) in [5.41, 5.74) is -0.548. The number of amides is 2. The summed E-state index contributed by atoms with van der Waals surface area (Å²) in [6, 6.07) is 4.31. The fourth-order valence-corrected chi connectivity index (χ4v) is 5.61. The Hall–Kier alpha value is -2.81. The number of rotatable bonds is 3. The summed E-state index contributed by atoms with van der Waals surface area (Å²) in [4.78, 5) is 40.9. The van der Waals surface area contributed by atoms with E-state index in [1.54, 1.807) is 4.90 Å². The third kappa shape index (κ3) is 4.39. The standard InChI is InChI=1S/C23H31N3O6/c1-22(2)13-23(20(29)32-22)8-3-9-26(14-23)15-6-10-25(11-7-15)19(28)17-12-16(27)4-5-18(17)24-21(30)31/h4-5,12,15,24,27H,3,6-11,13-14H2,1-2H3,(H,30,31). The van der Waals surface area contributed by atoms with Crippen molar-refractivity contribution in [2.24, 2.45) is 5.41 Å². The molecule has 1 atom stereocenters. The molecular formula is C23H31N3O6. The lowest BCUT2D eigenvalue weighted by atomic mass is 9.74. The molecule has 3 fully saturated rings. The van der Waals surface area contributed by atoms with Gasteiger partial charge in [0.1, 0.15) is 11.4 Å². The number of phenols is 1. The van der Waals surface area contributed by atoms with Gasteiger partial charge in [-0.25, -0.2) is 4.79 Å². The summed E-state index contributed by atoms with van der Waals surface area (Å²) >= 11 is 0. The lowest BCUT2D eigenvalue weighted by Gasteiger charge is -2.44. The first-order valence-electron chi connectivity index (χ1n) is 11.2. The van der Waals surface area contributed by atoms with Gasteiger partial charge < -0.3 is 19.8 Å². The molecule has 0 saturated carbocycles. The zero-order chi connectivity index (χ0) is 23.1. The number of esters is 1. The summed E-state index contributed by atoms with van der Waals surface area (Å²) in [5, 5.41) is 21.1. The van der Waals surface area contributed by atoms with Crippen molar-refractivity contribution in [3.63, 3.8) is 0 Å². The summed E-state index contributed by atoms with van der Waals surface area (Å²) in [6.45, 7) is 6.64. The molecule has 2 amide bonds. The molecule has 9 nitrogen and oxygen atoms in total. The summed E-state index contributed by atoms with van der Waals surface area (Å²) in [6.07, 6.45) is 2.85. The SMILES string of the molecule is CC1(C)CC2(CCCN(C3CCN(C(=O)c4cc(O)ccc4NC(=O)O)CC3)C2)C(=O)O1. The zero-order valence-corrected chi connectivity index (χ0v) is 18.6. The van der Waals surface area contributed by atoms with E-state index in [2.05, 4.69) is 10.2 Å². The number of ether oxygens (including phenoxy) is 1. The van der Waals surface area contributed by atoms with Crippen LogP contribution in [0.2, 0.25) is 0 Å². The minimum atomic E-state index is -1.27. The van der Waals surface area contributed by atoms with Crippen molar-refractivity contribution in [2.75, 3.05) is 31.5 Å². The van der Waals surface area contributed by atoms with E-state index in [-0.39, 0.29) is 34.9 Å². The molecule has 3 heterocycles. The van der Waals surface area contributed by atoms with E-state index in [1.807, 2.05) is 13.8 Å². The van der Waals surface area contributed by atoms with Crippen LogP contribution in [0.4, 0.5) is 10.5 Å². The Morgan fingerprint density at radius 1 is 1.19 bits per heavy atom. The summed E-state index contributed by atoms with van der Waals surface area (Å²) < 4.78 is 5.64. The van der Waals surface area contributed by atoms with Crippen molar-refractivity contribution >= 4 is 23.7 Å². The van der Waals surface area contributed by atoms with Gasteiger partial charge in [0.25, 0.3) is 5.91 Å². The second-order valence-corrected chi connectivity index (χ2v) is 9.86. The van der Waals surface area contributed by atoms with Crippen LogP contribution in [0.15, 0.2) is 18.2 Å². The van der Waals surface area contributed by atoms with Gasteiger partial charge in [0.2, 0.25) is 0 Å². The first-order chi connectivity index (χ1) is 15.1. The van der Waals surface area contributed by atoms with Crippen molar-refractivity contribution in [3.8, 4) is 5.75 Å². The molecule has 9 heteroatoms. The molecule has 0 aromatic heterocycles. The highest BCUT2D eigenvalue weighted by molar-refractivity contribution is 6.02. The predicted molar refractivity (Wildman–Crippen MR) is 117 cm³/mol. The monoisotopic (exact) mass is 445 g/mol. The Morgan fingerprint density at radius 3 is 2.53 bits per heavy atom. The van der Waals surface area contributed by atoms with E-state index in [4.69, 9.17) is 9.84 Å². The van der Waals surface area contributed by atoms with Crippen molar-refractivity contribution in [1.29, 1.82) is 0 Å². The second-order valence-electron chi connectivity index (χ2n) is 9.86. The van der Waals surface area contributed by atoms with Crippen LogP contribution in [0.5, 0.6) is 5.75 Å². The third-order valence-corrected chi connectivity index (χ3v) is 6.92. The van der Waals surface area contributed by atoms with E-state index in [0.29, 0.717) is 19.6 Å². The molecular weight excluding hydrogens is 414 g/mol. The number of hydrogen-bond acceptors (Lipinski definition) is 6. The van der Waals surface area contributed by atoms with Crippen LogP contribution in [0.25, 0.3) is 0 Å². The van der Waals surface area contributed by atoms with Gasteiger partial charge in [-0.1, -0.05) is 0 Å². The molecule has 0 bridgehead atoms. The highest BCUT2D eigenvalue weighted by atomic mass is 16.6. The number of nitrogens with zero attached hydrogens (tertiary/aromatic N) is 2. The second kappa shape index (κ2) is 8.27. The zero-order valence-electron chi connectivity index (χ0n) is 18.6. The van der Waals surface area contributed by atoms with Gasteiger partial charge in [0.15, 0.2) is 0 Å². The first-order valence-corrected chi connectivity index (χ1v) is 11.2. The number of carbonyl (C=O) groups is 3. The third-order valence-electron chi connectivity index (χ3n) is 6.92. The van der Waals surface area contributed by atoms with Gasteiger partial charge >= 0.3 is 12.1 Å². The number of nitrogens with one attached hydrogen (secondary N) is 1. The number of carboxylic acid groups (broad SMARTS) is 1. The topological polar surface area (TPSA) is 119 Å². The Labute approximate surface area is 187 Å². The number of anilines is 1. The van der Waals surface area contributed by atoms with E-state index in [0.717, 1.165) is 38.6 Å². The van der Waals surface area contributed by atoms with Crippen molar-refractivity contribution in [3.05, 3.63) is 23.8 Å². The number of piperidine rings is 2. The molecule has 32 heavy (non-hydrogen) atoms. The molecule has 4 rings (SSSR count). The fraction of sp³-hybridized carbons (Fsp3) is 0.609. The fourth-order valence-electron chi connectivity index (χ4n) is 5.61. The quantitative estimate of drug-likeness (QED) is 0.483. The van der Waals surface area contributed by atoms with Gasteiger partial charge in [0, 0.05) is 32.1 Å². The van der Waals surface area contributed by atoms with Gasteiger partial charge in [-0.3, -0.25) is 19.8 Å². The number of aromatic hydroxyl groups is 1. The summed E-state index contributed by atoms with van der Waals surface area (Å²) in [5.74, 6) is -0.481. The van der Waals surface area contributed by atoms with Crippen LogP contribution in [0, 0.1) is 5.41 Å². The molecule has 3 saturated heterocycles. The van der Waals surface area contributed by atoms with Gasteiger partial charge in [-0.2, -0.15) is 0 Å². The average molecular weight is 446 g/mol. The summed E-state index contributed by atoms with van der Waals surface area (Å²) in [7, 11) is 0. The molecule has 3 aliphatic rings. The van der Waals surface area contributed by atoms with Gasteiger partial charge in [-0.15, -0.1) is 0 Å². The van der Waals surface area contributed by atoms with Crippen LogP contribution in [-0.4, -0.2) is 75.8 Å². The Bertz CT molecular complexity index is 924. The minimum Gasteiger partial charge on any atom is -0.508 e. The molecule has 1 unspecified atom stereocenters. The van der Waals surface area contributed by atoms with E-state index < -0.39 is 17.1 Å². The average Bonchev–Trinajstić information content (AvgIpc) is 2.95. The number of likely N-dealkylation sites (tertiary alicyclic amines) is 2. The first kappa shape index (κ1) is 22.4.